The molecule has 7 nitrogen and oxygen atoms in total. The molecule has 1 unspecified atom stereocenters. The van der Waals surface area contributed by atoms with Gasteiger partial charge < -0.3 is 4.74 Å². The van der Waals surface area contributed by atoms with Crippen molar-refractivity contribution in [3.8, 4) is 5.75 Å². The third kappa shape index (κ3) is 5.00. The van der Waals surface area contributed by atoms with Crippen LogP contribution in [0.5, 0.6) is 5.75 Å². The highest BCUT2D eigenvalue weighted by Gasteiger charge is 2.27. The van der Waals surface area contributed by atoms with Crippen molar-refractivity contribution in [2.75, 3.05) is 7.11 Å². The third-order valence-electron chi connectivity index (χ3n) is 3.44. The standard InChI is InChI=1S/C16H17BrN2O5S/c1-11(8-12-4-3-5-14(9-12)24-2)18-25(22,23)16-10-13(17)6-7-15(16)19(20)21/h3-7,9-11,18H,8H2,1-2H3. The fourth-order valence-corrected chi connectivity index (χ4v) is 4.33. The fraction of sp³-hybridized carbons (Fsp3) is 0.250. The molecule has 2 aromatic rings. The summed E-state index contributed by atoms with van der Waals surface area (Å²) in [7, 11) is -2.49. The molecule has 0 bridgehead atoms. The lowest BCUT2D eigenvalue weighted by Gasteiger charge is -2.15. The fourth-order valence-electron chi connectivity index (χ4n) is 2.38. The van der Waals surface area contributed by atoms with Crippen LogP contribution in [-0.2, 0) is 16.4 Å². The van der Waals surface area contributed by atoms with Crippen molar-refractivity contribution in [3.05, 3.63) is 62.6 Å². The monoisotopic (exact) mass is 428 g/mol. The normalized spacial score (nSPS) is 12.6. The number of nitrogens with zero attached hydrogens (tertiary/aromatic N) is 1. The van der Waals surface area contributed by atoms with Gasteiger partial charge in [-0.3, -0.25) is 10.1 Å². The quantitative estimate of drug-likeness (QED) is 0.538. The number of hydrogen-bond donors (Lipinski definition) is 1. The maximum Gasteiger partial charge on any atom is 0.289 e. The van der Waals surface area contributed by atoms with Gasteiger partial charge in [0.2, 0.25) is 10.0 Å². The van der Waals surface area contributed by atoms with E-state index in [0.717, 1.165) is 11.6 Å². The molecule has 0 aliphatic rings. The van der Waals surface area contributed by atoms with Crippen LogP contribution in [0, 0.1) is 10.1 Å². The van der Waals surface area contributed by atoms with E-state index in [2.05, 4.69) is 20.7 Å². The van der Waals surface area contributed by atoms with Crippen LogP contribution in [0.25, 0.3) is 0 Å². The van der Waals surface area contributed by atoms with Gasteiger partial charge in [0, 0.05) is 16.6 Å². The van der Waals surface area contributed by atoms with E-state index in [0.29, 0.717) is 16.6 Å². The molecule has 0 radical (unpaired) electrons. The van der Waals surface area contributed by atoms with Gasteiger partial charge >= 0.3 is 0 Å². The summed E-state index contributed by atoms with van der Waals surface area (Å²) in [5.74, 6) is 0.676. The Bertz CT molecular complexity index is 886. The maximum absolute atomic E-state index is 12.6. The lowest BCUT2D eigenvalue weighted by Crippen LogP contribution is -2.34. The van der Waals surface area contributed by atoms with Gasteiger partial charge in [0.25, 0.3) is 5.69 Å². The Kier molecular flexibility index (Phi) is 6.15. The minimum absolute atomic E-state index is 0.371. The van der Waals surface area contributed by atoms with Crippen LogP contribution in [0.1, 0.15) is 12.5 Å². The van der Waals surface area contributed by atoms with Gasteiger partial charge in [-0.25, -0.2) is 13.1 Å². The summed E-state index contributed by atoms with van der Waals surface area (Å²) in [6.45, 7) is 1.70. The number of nitro groups is 1. The number of benzene rings is 2. The first kappa shape index (κ1) is 19.4. The zero-order chi connectivity index (χ0) is 18.6. The van der Waals surface area contributed by atoms with E-state index in [-0.39, 0.29) is 4.90 Å². The molecule has 0 aliphatic carbocycles. The highest BCUT2D eigenvalue weighted by Crippen LogP contribution is 2.27. The molecular weight excluding hydrogens is 412 g/mol. The lowest BCUT2D eigenvalue weighted by atomic mass is 10.1. The Labute approximate surface area is 154 Å². The van der Waals surface area contributed by atoms with Crippen LogP contribution < -0.4 is 9.46 Å². The van der Waals surface area contributed by atoms with Crippen molar-refractivity contribution in [3.63, 3.8) is 0 Å². The average molecular weight is 429 g/mol. The molecule has 0 amide bonds. The van der Waals surface area contributed by atoms with Crippen LogP contribution >= 0.6 is 15.9 Å². The molecule has 0 saturated carbocycles. The first-order valence-electron chi connectivity index (χ1n) is 7.32. The minimum Gasteiger partial charge on any atom is -0.497 e. The summed E-state index contributed by atoms with van der Waals surface area (Å²) in [6, 6.07) is 10.6. The summed E-state index contributed by atoms with van der Waals surface area (Å²) >= 11 is 3.15. The van der Waals surface area contributed by atoms with Crippen molar-refractivity contribution < 1.29 is 18.1 Å². The predicted octanol–water partition coefficient (Wildman–Crippen LogP) is 3.28. The number of nitro benzene ring substituents is 1. The van der Waals surface area contributed by atoms with Crippen LogP contribution in [0.4, 0.5) is 5.69 Å². The molecule has 1 atom stereocenters. The van der Waals surface area contributed by atoms with Gasteiger partial charge in [0.05, 0.1) is 12.0 Å². The highest BCUT2D eigenvalue weighted by atomic mass is 79.9. The first-order chi connectivity index (χ1) is 11.7. The Hall–Kier alpha value is -1.97. The summed E-state index contributed by atoms with van der Waals surface area (Å²) in [5.41, 5.74) is 0.419. The second kappa shape index (κ2) is 7.94. The van der Waals surface area contributed by atoms with Crippen molar-refractivity contribution in [1.82, 2.24) is 4.72 Å². The molecule has 134 valence electrons. The Morgan fingerprint density at radius 3 is 2.64 bits per heavy atom. The third-order valence-corrected chi connectivity index (χ3v) is 5.55. The van der Waals surface area contributed by atoms with Gasteiger partial charge in [-0.05, 0) is 43.2 Å². The van der Waals surface area contributed by atoms with Crippen LogP contribution in [0.2, 0.25) is 0 Å². The summed E-state index contributed by atoms with van der Waals surface area (Å²) in [4.78, 5) is 10.0. The zero-order valence-corrected chi connectivity index (χ0v) is 16.0. The van der Waals surface area contributed by atoms with Crippen molar-refractivity contribution >= 4 is 31.6 Å². The average Bonchev–Trinajstić information content (AvgIpc) is 2.54. The SMILES string of the molecule is COc1cccc(CC(C)NS(=O)(=O)c2cc(Br)ccc2[N+](=O)[O-])c1. The number of methoxy groups -OCH3 is 1. The lowest BCUT2D eigenvalue weighted by molar-refractivity contribution is -0.387. The number of sulfonamides is 1. The molecule has 1 N–H and O–H groups in total. The van der Waals surface area contributed by atoms with Crippen LogP contribution in [0.3, 0.4) is 0 Å². The van der Waals surface area contributed by atoms with Crippen LogP contribution in [-0.4, -0.2) is 26.5 Å². The van der Waals surface area contributed by atoms with E-state index >= 15 is 0 Å². The van der Waals surface area contributed by atoms with E-state index in [1.165, 1.54) is 12.1 Å². The molecule has 9 heteroatoms. The van der Waals surface area contributed by atoms with Crippen molar-refractivity contribution in [2.24, 2.45) is 0 Å². The number of ether oxygens (including phenoxy) is 1. The topological polar surface area (TPSA) is 98.5 Å². The second-order valence-corrected chi connectivity index (χ2v) is 8.05. The Balaban J connectivity index is 2.23. The zero-order valence-electron chi connectivity index (χ0n) is 13.6. The molecule has 0 saturated heterocycles. The molecule has 25 heavy (non-hydrogen) atoms. The van der Waals surface area contributed by atoms with Gasteiger partial charge in [-0.1, -0.05) is 28.1 Å². The van der Waals surface area contributed by atoms with E-state index in [4.69, 9.17) is 4.74 Å². The Morgan fingerprint density at radius 1 is 1.28 bits per heavy atom. The van der Waals surface area contributed by atoms with Gasteiger partial charge in [0.1, 0.15) is 5.75 Å². The van der Waals surface area contributed by atoms with E-state index in [9.17, 15) is 18.5 Å². The molecule has 0 aromatic heterocycles. The number of rotatable bonds is 7. The molecule has 0 fully saturated rings. The van der Waals surface area contributed by atoms with Gasteiger partial charge in [0.15, 0.2) is 4.90 Å². The first-order valence-corrected chi connectivity index (χ1v) is 9.60. The van der Waals surface area contributed by atoms with Crippen molar-refractivity contribution in [1.29, 1.82) is 0 Å². The van der Waals surface area contributed by atoms with Gasteiger partial charge in [-0.2, -0.15) is 0 Å². The second-order valence-electron chi connectivity index (χ2n) is 5.45. The van der Waals surface area contributed by atoms with Crippen molar-refractivity contribution in [2.45, 2.75) is 24.3 Å². The molecule has 0 spiro atoms. The summed E-state index contributed by atoms with van der Waals surface area (Å²) in [6.07, 6.45) is 0.415. The predicted molar refractivity (Wildman–Crippen MR) is 97.3 cm³/mol. The van der Waals surface area contributed by atoms with Crippen LogP contribution in [0.15, 0.2) is 51.8 Å². The maximum atomic E-state index is 12.6. The Morgan fingerprint density at radius 2 is 2.00 bits per heavy atom. The largest absolute Gasteiger partial charge is 0.497 e. The summed E-state index contributed by atoms with van der Waals surface area (Å²) in [5, 5.41) is 11.1. The molecule has 2 rings (SSSR count). The molecular formula is C16H17BrN2O5S. The molecule has 0 heterocycles. The van der Waals surface area contributed by atoms with E-state index in [1.54, 1.807) is 20.1 Å². The van der Waals surface area contributed by atoms with E-state index in [1.807, 2.05) is 18.2 Å². The molecule has 2 aromatic carbocycles. The smallest absolute Gasteiger partial charge is 0.289 e. The minimum atomic E-state index is -4.05. The number of hydrogen-bond acceptors (Lipinski definition) is 5. The number of nitrogens with one attached hydrogen (secondary N) is 1. The highest BCUT2D eigenvalue weighted by molar-refractivity contribution is 9.10. The number of halogens is 1. The summed E-state index contributed by atoms with van der Waals surface area (Å²) < 4.78 is 33.2. The molecule has 0 aliphatic heterocycles. The van der Waals surface area contributed by atoms with E-state index < -0.39 is 26.7 Å². The van der Waals surface area contributed by atoms with Gasteiger partial charge in [-0.15, -0.1) is 0 Å².